The number of carbonyl (C=O) groups is 4. The van der Waals surface area contributed by atoms with Crippen molar-refractivity contribution < 1.29 is 55.3 Å². The second-order valence-corrected chi connectivity index (χ2v) is 15.3. The first-order valence-electron chi connectivity index (χ1n) is 16.2. The van der Waals surface area contributed by atoms with Gasteiger partial charge < -0.3 is 31.5 Å². The highest BCUT2D eigenvalue weighted by Crippen LogP contribution is 2.34. The molecule has 0 fully saturated rings. The number of hydrogen-bond acceptors (Lipinski definition) is 10. The van der Waals surface area contributed by atoms with Gasteiger partial charge in [0, 0.05) is 55.4 Å². The third-order valence-electron chi connectivity index (χ3n) is 8.65. The van der Waals surface area contributed by atoms with Crippen molar-refractivity contribution in [3.63, 3.8) is 0 Å². The van der Waals surface area contributed by atoms with E-state index in [9.17, 15) is 55.3 Å². The molecule has 0 atom stereocenters. The lowest BCUT2D eigenvalue weighted by atomic mass is 10.1. The first kappa shape index (κ1) is 38.9. The minimum atomic E-state index is -4.64. The zero-order valence-corrected chi connectivity index (χ0v) is 30.7. The first-order valence-corrected chi connectivity index (χ1v) is 19.1. The third kappa shape index (κ3) is 8.12. The van der Waals surface area contributed by atoms with Gasteiger partial charge in [-0.3, -0.25) is 28.3 Å². The van der Waals surface area contributed by atoms with Gasteiger partial charge in [-0.25, -0.2) is 0 Å². The molecule has 6 aromatic carbocycles. The van der Waals surface area contributed by atoms with E-state index in [4.69, 9.17) is 0 Å². The molecule has 0 bridgehead atoms. The van der Waals surface area contributed by atoms with Gasteiger partial charge in [-0.2, -0.15) is 16.8 Å². The molecule has 0 aromatic heterocycles. The molecule has 4 amide bonds. The van der Waals surface area contributed by atoms with Crippen LogP contribution >= 0.6 is 0 Å². The quantitative estimate of drug-likeness (QED) is 0.0691. The van der Waals surface area contributed by atoms with Gasteiger partial charge in [-0.15, -0.1) is 0 Å². The number of anilines is 4. The van der Waals surface area contributed by atoms with E-state index in [2.05, 4.69) is 21.3 Å². The smallest absolute Gasteiger partial charge is 0.314 e. The summed E-state index contributed by atoms with van der Waals surface area (Å²) in [6.07, 6.45) is 0. The second kappa shape index (κ2) is 14.8. The fourth-order valence-corrected chi connectivity index (χ4v) is 7.30. The summed E-state index contributed by atoms with van der Waals surface area (Å²) in [5.74, 6) is -3.79. The van der Waals surface area contributed by atoms with Crippen molar-refractivity contribution in [3.8, 4) is 11.5 Å². The molecule has 8 N–H and O–H groups in total. The molecule has 0 aliphatic heterocycles. The highest BCUT2D eigenvalue weighted by molar-refractivity contribution is 7.86. The van der Waals surface area contributed by atoms with Gasteiger partial charge in [-0.1, -0.05) is 0 Å². The van der Waals surface area contributed by atoms with Crippen LogP contribution in [-0.4, -0.2) is 59.8 Å². The molecule has 0 aliphatic carbocycles. The Morgan fingerprint density at radius 3 is 1.14 bits per heavy atom. The Labute approximate surface area is 318 Å². The number of benzene rings is 6. The topological polar surface area (TPSA) is 266 Å². The fourth-order valence-electron chi connectivity index (χ4n) is 5.92. The number of carbonyl (C=O) groups excluding carboxylic acids is 4. The summed E-state index contributed by atoms with van der Waals surface area (Å²) in [4.78, 5) is 51.1. The summed E-state index contributed by atoms with van der Waals surface area (Å²) in [6.45, 7) is 3.18. The molecule has 0 unspecified atom stereocenters. The second-order valence-electron chi connectivity index (χ2n) is 12.5. The Kier molecular flexibility index (Phi) is 10.2. The van der Waals surface area contributed by atoms with Crippen molar-refractivity contribution >= 4 is 88.2 Å². The number of aromatic hydroxyl groups is 2. The number of phenols is 2. The predicted octanol–water partition coefficient (Wildman–Crippen LogP) is 5.60. The molecule has 0 saturated carbocycles. The van der Waals surface area contributed by atoms with E-state index >= 15 is 0 Å². The average Bonchev–Trinajstić information content (AvgIpc) is 3.11. The van der Waals surface area contributed by atoms with E-state index in [1.165, 1.54) is 72.8 Å². The van der Waals surface area contributed by atoms with Crippen LogP contribution in [0.15, 0.2) is 107 Å². The highest BCUT2D eigenvalue weighted by atomic mass is 32.2. The van der Waals surface area contributed by atoms with E-state index in [1.807, 2.05) is 0 Å². The lowest BCUT2D eigenvalue weighted by Crippen LogP contribution is -2.29. The summed E-state index contributed by atoms with van der Waals surface area (Å²) in [7, 11) is -9.28. The van der Waals surface area contributed by atoms with Gasteiger partial charge in [0.05, 0.1) is 0 Å². The lowest BCUT2D eigenvalue weighted by molar-refractivity contribution is -0.133. The zero-order chi connectivity index (χ0) is 40.7. The molecule has 286 valence electrons. The average molecular weight is 799 g/mol. The van der Waals surface area contributed by atoms with Gasteiger partial charge >= 0.3 is 11.8 Å². The summed E-state index contributed by atoms with van der Waals surface area (Å²) >= 11 is 0. The first-order chi connectivity index (χ1) is 26.3. The monoisotopic (exact) mass is 798 g/mol. The Bertz CT molecular complexity index is 2700. The minimum Gasteiger partial charge on any atom is -0.508 e. The van der Waals surface area contributed by atoms with Crippen LogP contribution in [0.1, 0.15) is 31.8 Å². The molecule has 0 saturated heterocycles. The van der Waals surface area contributed by atoms with Crippen LogP contribution in [0.2, 0.25) is 0 Å². The van der Waals surface area contributed by atoms with Gasteiger partial charge in [0.2, 0.25) is 0 Å². The van der Waals surface area contributed by atoms with Crippen LogP contribution in [0.25, 0.3) is 21.5 Å². The number of fused-ring (bicyclic) bond motifs is 2. The number of aryl methyl sites for hydroxylation is 2. The Hall–Kier alpha value is -6.86. The Morgan fingerprint density at radius 2 is 0.804 bits per heavy atom. The van der Waals surface area contributed by atoms with Gasteiger partial charge in [-0.05, 0) is 122 Å². The maximum Gasteiger partial charge on any atom is 0.314 e. The summed E-state index contributed by atoms with van der Waals surface area (Å²) in [5, 5.41) is 30.5. The van der Waals surface area contributed by atoms with Crippen LogP contribution in [0, 0.1) is 13.8 Å². The van der Waals surface area contributed by atoms with E-state index in [1.54, 1.807) is 13.8 Å². The number of amides is 4. The van der Waals surface area contributed by atoms with Crippen molar-refractivity contribution in [2.45, 2.75) is 23.6 Å². The molecule has 56 heavy (non-hydrogen) atoms. The largest absolute Gasteiger partial charge is 0.508 e. The molecule has 6 rings (SSSR count). The Morgan fingerprint density at radius 1 is 0.446 bits per heavy atom. The highest BCUT2D eigenvalue weighted by Gasteiger charge is 2.21. The van der Waals surface area contributed by atoms with Crippen LogP contribution in [0.5, 0.6) is 11.5 Å². The zero-order valence-electron chi connectivity index (χ0n) is 29.1. The number of hydrogen-bond donors (Lipinski definition) is 8. The van der Waals surface area contributed by atoms with Crippen molar-refractivity contribution in [1.29, 1.82) is 0 Å². The molecule has 0 spiro atoms. The third-order valence-corrected chi connectivity index (χ3v) is 10.5. The molecular weight excluding hydrogens is 769 g/mol. The molecular formula is C38H30N4O12S2. The molecule has 6 aromatic rings. The van der Waals surface area contributed by atoms with Crippen LogP contribution in [-0.2, 0) is 29.8 Å². The normalized spacial score (nSPS) is 11.6. The molecule has 0 aliphatic rings. The van der Waals surface area contributed by atoms with E-state index in [0.29, 0.717) is 11.1 Å². The van der Waals surface area contributed by atoms with Crippen LogP contribution in [0.3, 0.4) is 0 Å². The predicted molar refractivity (Wildman–Crippen MR) is 206 cm³/mol. The van der Waals surface area contributed by atoms with E-state index < -0.39 is 53.7 Å². The summed E-state index contributed by atoms with van der Waals surface area (Å²) in [5.41, 5.74) is 1.95. The maximum absolute atomic E-state index is 13.2. The van der Waals surface area contributed by atoms with Crippen molar-refractivity contribution in [2.24, 2.45) is 0 Å². The van der Waals surface area contributed by atoms with Gasteiger partial charge in [0.15, 0.2) is 0 Å². The van der Waals surface area contributed by atoms with Crippen molar-refractivity contribution in [3.05, 3.63) is 119 Å². The van der Waals surface area contributed by atoms with Crippen molar-refractivity contribution in [1.82, 2.24) is 0 Å². The van der Waals surface area contributed by atoms with Gasteiger partial charge in [0.1, 0.15) is 21.3 Å². The number of nitrogens with one attached hydrogen (secondary N) is 4. The maximum atomic E-state index is 13.2. The molecule has 0 heterocycles. The SMILES string of the molecule is Cc1cc(C(=O)Nc2ccc(S(=O)(=O)O)c3cc(O)ccc23)ccc1NC(=O)C(=O)Nc1ccc(C(=O)Nc2ccc(S(=O)(=O)O)c3cc(O)ccc23)cc1C. The van der Waals surface area contributed by atoms with Crippen LogP contribution in [0.4, 0.5) is 22.7 Å². The van der Waals surface area contributed by atoms with Crippen LogP contribution < -0.4 is 21.3 Å². The lowest BCUT2D eigenvalue weighted by Gasteiger charge is -2.14. The van der Waals surface area contributed by atoms with E-state index in [-0.39, 0.29) is 66.9 Å². The minimum absolute atomic E-state index is 0.0179. The summed E-state index contributed by atoms with van der Waals surface area (Å²) < 4.78 is 66.6. The molecule has 0 radical (unpaired) electrons. The Balaban J connectivity index is 1.11. The summed E-state index contributed by atoms with van der Waals surface area (Å²) in [6, 6.07) is 20.9. The number of rotatable bonds is 8. The fraction of sp³-hybridized carbons (Fsp3) is 0.0526. The standard InChI is InChI=1S/C38H30N4O12S2/c1-19-15-21(35(45)41-31-11-13-33(55(49,50)51)27-17-23(43)5-7-25(27)31)3-9-29(19)39-37(47)38(48)40-30-10-4-22(16-20(30)2)36(46)42-32-12-14-34(56(52,53)54)28-18-24(44)6-8-26(28)32/h3-18,43-44H,1-2H3,(H,39,47)(H,40,48)(H,41,45)(H,42,46)(H,49,50,51)(H,52,53,54). The van der Waals surface area contributed by atoms with Crippen molar-refractivity contribution in [2.75, 3.05) is 21.3 Å². The number of phenolic OH excluding ortho intramolecular Hbond substituents is 2. The molecule has 18 heteroatoms. The van der Waals surface area contributed by atoms with Gasteiger partial charge in [0.25, 0.3) is 32.1 Å². The van der Waals surface area contributed by atoms with E-state index in [0.717, 1.165) is 24.3 Å². The molecule has 16 nitrogen and oxygen atoms in total.